The quantitative estimate of drug-likeness (QED) is 0.914. The van der Waals surface area contributed by atoms with Crippen LogP contribution < -0.4 is 5.32 Å². The van der Waals surface area contributed by atoms with E-state index in [2.05, 4.69) is 40.6 Å². The summed E-state index contributed by atoms with van der Waals surface area (Å²) < 4.78 is 5.47. The summed E-state index contributed by atoms with van der Waals surface area (Å²) in [5, 5.41) is 3.36. The zero-order valence-electron chi connectivity index (χ0n) is 11.3. The highest BCUT2D eigenvalue weighted by molar-refractivity contribution is 5.38. The molecule has 0 saturated heterocycles. The molecule has 0 aliphatic carbocycles. The Morgan fingerprint density at radius 2 is 1.89 bits per heavy atom. The minimum Gasteiger partial charge on any atom is -0.372 e. The van der Waals surface area contributed by atoms with E-state index in [0.29, 0.717) is 0 Å². The molecule has 0 spiro atoms. The topological polar surface area (TPSA) is 34.2 Å². The molecule has 1 atom stereocenters. The number of aryl methyl sites for hydroxylation is 1. The maximum absolute atomic E-state index is 5.47. The first-order chi connectivity index (χ1) is 9.28. The largest absolute Gasteiger partial charge is 0.372 e. The Hall–Kier alpha value is -1.71. The van der Waals surface area contributed by atoms with Crippen molar-refractivity contribution in [3.05, 3.63) is 64.5 Å². The molecule has 98 valence electrons. The Morgan fingerprint density at radius 3 is 2.63 bits per heavy atom. The first-order valence-corrected chi connectivity index (χ1v) is 6.57. The zero-order valence-corrected chi connectivity index (χ0v) is 11.3. The molecule has 3 rings (SSSR count). The van der Waals surface area contributed by atoms with E-state index in [1.54, 1.807) is 0 Å². The standard InChI is InChI=1S/C16H18N2O/c1-11-3-4-13(8-18-11)16(17-2)12-5-6-14-9-19-10-15(14)7-12/h3-8,16-17H,9-10H2,1-2H3. The van der Waals surface area contributed by atoms with Crippen molar-refractivity contribution >= 4 is 0 Å². The summed E-state index contributed by atoms with van der Waals surface area (Å²) in [6.07, 6.45) is 1.94. The number of fused-ring (bicyclic) bond motifs is 1. The SMILES string of the molecule is CNC(c1ccc(C)nc1)c1ccc2c(c1)COC2. The smallest absolute Gasteiger partial charge is 0.0725 e. The Bertz CT molecular complexity index is 578. The van der Waals surface area contributed by atoms with Crippen LogP contribution in [0.2, 0.25) is 0 Å². The van der Waals surface area contributed by atoms with Gasteiger partial charge in [-0.1, -0.05) is 24.3 Å². The minimum atomic E-state index is 0.180. The van der Waals surface area contributed by atoms with Gasteiger partial charge in [-0.25, -0.2) is 0 Å². The van der Waals surface area contributed by atoms with Crippen molar-refractivity contribution in [3.63, 3.8) is 0 Å². The summed E-state index contributed by atoms with van der Waals surface area (Å²) in [6.45, 7) is 3.47. The van der Waals surface area contributed by atoms with Gasteiger partial charge < -0.3 is 10.1 Å². The van der Waals surface area contributed by atoms with E-state index in [0.717, 1.165) is 18.9 Å². The van der Waals surface area contributed by atoms with Crippen LogP contribution >= 0.6 is 0 Å². The Labute approximate surface area is 113 Å². The molecule has 0 amide bonds. The maximum atomic E-state index is 5.47. The average Bonchev–Trinajstić information content (AvgIpc) is 2.89. The highest BCUT2D eigenvalue weighted by Crippen LogP contribution is 2.27. The third-order valence-electron chi connectivity index (χ3n) is 3.64. The van der Waals surface area contributed by atoms with E-state index in [9.17, 15) is 0 Å². The normalized spacial score (nSPS) is 15.3. The van der Waals surface area contributed by atoms with Gasteiger partial charge in [-0.3, -0.25) is 4.98 Å². The summed E-state index contributed by atoms with van der Waals surface area (Å²) in [7, 11) is 1.98. The molecule has 1 N–H and O–H groups in total. The van der Waals surface area contributed by atoms with Crippen LogP contribution in [0.1, 0.15) is 34.0 Å². The van der Waals surface area contributed by atoms with Crippen LogP contribution in [0.5, 0.6) is 0 Å². The zero-order chi connectivity index (χ0) is 13.2. The van der Waals surface area contributed by atoms with Crippen molar-refractivity contribution in [2.45, 2.75) is 26.2 Å². The minimum absolute atomic E-state index is 0.180. The molecular weight excluding hydrogens is 236 g/mol. The van der Waals surface area contributed by atoms with Crippen LogP contribution in [0.4, 0.5) is 0 Å². The Balaban J connectivity index is 1.96. The van der Waals surface area contributed by atoms with Gasteiger partial charge in [0.05, 0.1) is 19.3 Å². The summed E-state index contributed by atoms with van der Waals surface area (Å²) in [4.78, 5) is 4.38. The molecule has 2 heterocycles. The monoisotopic (exact) mass is 254 g/mol. The van der Waals surface area contributed by atoms with E-state index < -0.39 is 0 Å². The predicted molar refractivity (Wildman–Crippen MR) is 74.8 cm³/mol. The highest BCUT2D eigenvalue weighted by atomic mass is 16.5. The first-order valence-electron chi connectivity index (χ1n) is 6.57. The second-order valence-electron chi connectivity index (χ2n) is 4.98. The second-order valence-corrected chi connectivity index (χ2v) is 4.98. The number of pyridine rings is 1. The molecule has 1 unspecified atom stereocenters. The fourth-order valence-corrected chi connectivity index (χ4v) is 2.55. The van der Waals surface area contributed by atoms with Gasteiger partial charge in [0, 0.05) is 11.9 Å². The molecule has 1 aromatic carbocycles. The van der Waals surface area contributed by atoms with Crippen LogP contribution in [0.15, 0.2) is 36.5 Å². The van der Waals surface area contributed by atoms with Crippen LogP contribution in [-0.4, -0.2) is 12.0 Å². The Morgan fingerprint density at radius 1 is 1.11 bits per heavy atom. The lowest BCUT2D eigenvalue weighted by molar-refractivity contribution is 0.134. The number of rotatable bonds is 3. The molecule has 1 aromatic heterocycles. The lowest BCUT2D eigenvalue weighted by Gasteiger charge is -2.18. The molecule has 1 aliphatic rings. The van der Waals surface area contributed by atoms with Crippen molar-refractivity contribution in [1.82, 2.24) is 10.3 Å². The fraction of sp³-hybridized carbons (Fsp3) is 0.312. The average molecular weight is 254 g/mol. The number of nitrogens with one attached hydrogen (secondary N) is 1. The van der Waals surface area contributed by atoms with E-state index in [1.807, 2.05) is 20.2 Å². The van der Waals surface area contributed by atoms with Gasteiger partial charge in [0.1, 0.15) is 0 Å². The van der Waals surface area contributed by atoms with Crippen LogP contribution in [-0.2, 0) is 18.0 Å². The van der Waals surface area contributed by atoms with Crippen molar-refractivity contribution in [1.29, 1.82) is 0 Å². The number of nitrogens with zero attached hydrogens (tertiary/aromatic N) is 1. The van der Waals surface area contributed by atoms with Gasteiger partial charge >= 0.3 is 0 Å². The van der Waals surface area contributed by atoms with Crippen molar-refractivity contribution in [2.75, 3.05) is 7.05 Å². The third-order valence-corrected chi connectivity index (χ3v) is 3.64. The molecule has 2 aromatic rings. The maximum Gasteiger partial charge on any atom is 0.0725 e. The first kappa shape index (κ1) is 12.3. The third kappa shape index (κ3) is 2.39. The molecule has 0 fully saturated rings. The lowest BCUT2D eigenvalue weighted by Crippen LogP contribution is -2.18. The van der Waals surface area contributed by atoms with E-state index in [4.69, 9.17) is 4.74 Å². The number of ether oxygens (including phenoxy) is 1. The van der Waals surface area contributed by atoms with E-state index in [-0.39, 0.29) is 6.04 Å². The van der Waals surface area contributed by atoms with Crippen LogP contribution in [0, 0.1) is 6.92 Å². The van der Waals surface area contributed by atoms with Gasteiger partial charge in [-0.2, -0.15) is 0 Å². The Kier molecular flexibility index (Phi) is 3.32. The molecule has 1 aliphatic heterocycles. The highest BCUT2D eigenvalue weighted by Gasteiger charge is 2.16. The molecular formula is C16H18N2O. The number of aromatic nitrogens is 1. The van der Waals surface area contributed by atoms with Crippen LogP contribution in [0.3, 0.4) is 0 Å². The molecule has 0 radical (unpaired) electrons. The van der Waals surface area contributed by atoms with E-state index in [1.165, 1.54) is 22.3 Å². The number of benzene rings is 1. The fourth-order valence-electron chi connectivity index (χ4n) is 2.55. The molecule has 19 heavy (non-hydrogen) atoms. The van der Waals surface area contributed by atoms with Crippen molar-refractivity contribution < 1.29 is 4.74 Å². The molecule has 0 saturated carbocycles. The summed E-state index contributed by atoms with van der Waals surface area (Å²) >= 11 is 0. The van der Waals surface area contributed by atoms with E-state index >= 15 is 0 Å². The summed E-state index contributed by atoms with van der Waals surface area (Å²) in [5.41, 5.74) is 6.10. The van der Waals surface area contributed by atoms with Gasteiger partial charge in [-0.05, 0) is 42.3 Å². The van der Waals surface area contributed by atoms with Crippen LogP contribution in [0.25, 0.3) is 0 Å². The number of hydrogen-bond acceptors (Lipinski definition) is 3. The lowest BCUT2D eigenvalue weighted by atomic mass is 9.96. The molecule has 3 heteroatoms. The van der Waals surface area contributed by atoms with Gasteiger partial charge in [0.2, 0.25) is 0 Å². The summed E-state index contributed by atoms with van der Waals surface area (Å²) in [5.74, 6) is 0. The van der Waals surface area contributed by atoms with Gasteiger partial charge in [-0.15, -0.1) is 0 Å². The van der Waals surface area contributed by atoms with Crippen molar-refractivity contribution in [3.8, 4) is 0 Å². The molecule has 3 nitrogen and oxygen atoms in total. The molecule has 0 bridgehead atoms. The predicted octanol–water partition coefficient (Wildman–Crippen LogP) is 2.73. The second kappa shape index (κ2) is 5.11. The number of hydrogen-bond donors (Lipinski definition) is 1. The van der Waals surface area contributed by atoms with Gasteiger partial charge in [0.15, 0.2) is 0 Å². The summed E-state index contributed by atoms with van der Waals surface area (Å²) in [6, 6.07) is 10.9. The van der Waals surface area contributed by atoms with Gasteiger partial charge in [0.25, 0.3) is 0 Å². The van der Waals surface area contributed by atoms with Crippen molar-refractivity contribution in [2.24, 2.45) is 0 Å².